The van der Waals surface area contributed by atoms with Crippen LogP contribution < -0.4 is 0 Å². The van der Waals surface area contributed by atoms with E-state index in [1.54, 1.807) is 37.0 Å². The average Bonchev–Trinajstić information content (AvgIpc) is 2.90. The monoisotopic (exact) mass is 331 g/mol. The molecule has 0 aromatic carbocycles. The van der Waals surface area contributed by atoms with Crippen LogP contribution in [0.2, 0.25) is 0 Å². The number of methoxy groups -OCH3 is 1. The average molecular weight is 331 g/mol. The van der Waals surface area contributed by atoms with E-state index in [1.807, 2.05) is 11.8 Å². The first-order valence-electron chi connectivity index (χ1n) is 6.96. The van der Waals surface area contributed by atoms with E-state index in [0.717, 1.165) is 12.2 Å². The molecular formula is C13H21N3O3S2. The molecule has 118 valence electrons. The van der Waals surface area contributed by atoms with E-state index in [0.29, 0.717) is 29.4 Å². The van der Waals surface area contributed by atoms with E-state index in [2.05, 4.69) is 5.10 Å². The molecule has 0 radical (unpaired) electrons. The van der Waals surface area contributed by atoms with E-state index in [4.69, 9.17) is 4.74 Å². The van der Waals surface area contributed by atoms with E-state index < -0.39 is 10.0 Å². The molecule has 0 unspecified atom stereocenters. The van der Waals surface area contributed by atoms with Crippen LogP contribution in [0.15, 0.2) is 4.90 Å². The van der Waals surface area contributed by atoms with Gasteiger partial charge in [0.2, 0.25) is 10.0 Å². The lowest BCUT2D eigenvalue weighted by atomic mass is 9.96. The van der Waals surface area contributed by atoms with Crippen LogP contribution in [0.25, 0.3) is 0 Å². The molecule has 0 N–H and O–H groups in total. The quantitative estimate of drug-likeness (QED) is 0.824. The summed E-state index contributed by atoms with van der Waals surface area (Å²) in [6, 6.07) is 0. The minimum Gasteiger partial charge on any atom is -0.381 e. The molecule has 1 atom stereocenters. The SMILES string of the molecule is CO[C@H]1CSC2(C1)CN(S(=O)(=O)c1c(C)nn(C)c1C)C2. The zero-order valence-electron chi connectivity index (χ0n) is 12.8. The van der Waals surface area contributed by atoms with Crippen LogP contribution in [-0.4, -0.2) is 59.3 Å². The molecule has 8 heteroatoms. The number of hydrogen-bond acceptors (Lipinski definition) is 5. The van der Waals surface area contributed by atoms with E-state index in [1.165, 1.54) is 0 Å². The Morgan fingerprint density at radius 2 is 2.05 bits per heavy atom. The number of aromatic nitrogens is 2. The standard InChI is InChI=1S/C13H21N3O3S2/c1-9-12(10(2)15(3)14-9)21(17,18)16-7-13(8-16)5-11(19-4)6-20-13/h11H,5-8H2,1-4H3/t11-/m1/s1. The fraction of sp³-hybridized carbons (Fsp3) is 0.769. The van der Waals surface area contributed by atoms with Gasteiger partial charge in [-0.3, -0.25) is 4.68 Å². The van der Waals surface area contributed by atoms with E-state index in [-0.39, 0.29) is 10.9 Å². The maximum atomic E-state index is 12.8. The molecule has 3 heterocycles. The lowest BCUT2D eigenvalue weighted by Crippen LogP contribution is -2.60. The Morgan fingerprint density at radius 3 is 2.52 bits per heavy atom. The van der Waals surface area contributed by atoms with Crippen molar-refractivity contribution in [3.63, 3.8) is 0 Å². The second kappa shape index (κ2) is 4.97. The Bertz CT molecular complexity index is 662. The van der Waals surface area contributed by atoms with Crippen molar-refractivity contribution in [2.45, 2.75) is 36.0 Å². The number of hydrogen-bond donors (Lipinski definition) is 0. The van der Waals surface area contributed by atoms with Crippen LogP contribution in [-0.2, 0) is 21.8 Å². The first-order chi connectivity index (χ1) is 9.79. The fourth-order valence-corrected chi connectivity index (χ4v) is 6.96. The molecule has 1 aromatic heterocycles. The number of nitrogens with zero attached hydrogens (tertiary/aromatic N) is 3. The zero-order valence-corrected chi connectivity index (χ0v) is 14.4. The molecule has 0 saturated carbocycles. The molecular weight excluding hydrogens is 310 g/mol. The summed E-state index contributed by atoms with van der Waals surface area (Å²) in [7, 11) is 0.0602. The lowest BCUT2D eigenvalue weighted by molar-refractivity contribution is 0.0931. The third-order valence-electron chi connectivity index (χ3n) is 4.48. The topological polar surface area (TPSA) is 64.4 Å². The van der Waals surface area contributed by atoms with Crippen LogP contribution in [0.4, 0.5) is 0 Å². The van der Waals surface area contributed by atoms with E-state index >= 15 is 0 Å². The summed E-state index contributed by atoms with van der Waals surface area (Å²) >= 11 is 1.84. The first kappa shape index (κ1) is 15.3. The van der Waals surface area contributed by atoms with Gasteiger partial charge in [-0.1, -0.05) is 0 Å². The zero-order chi connectivity index (χ0) is 15.4. The van der Waals surface area contributed by atoms with Crippen LogP contribution in [0, 0.1) is 13.8 Å². The van der Waals surface area contributed by atoms with Crippen molar-refractivity contribution in [1.29, 1.82) is 0 Å². The molecule has 0 aliphatic carbocycles. The minimum atomic E-state index is -3.43. The number of sulfonamides is 1. The maximum absolute atomic E-state index is 12.8. The van der Waals surface area contributed by atoms with Crippen molar-refractivity contribution >= 4 is 21.8 Å². The minimum absolute atomic E-state index is 0.0533. The summed E-state index contributed by atoms with van der Waals surface area (Å²) in [6.07, 6.45) is 1.19. The van der Waals surface area contributed by atoms with Gasteiger partial charge in [-0.2, -0.15) is 9.40 Å². The van der Waals surface area contributed by atoms with E-state index in [9.17, 15) is 8.42 Å². The van der Waals surface area contributed by atoms with Crippen molar-refractivity contribution in [2.75, 3.05) is 26.0 Å². The summed E-state index contributed by atoms with van der Waals surface area (Å²) in [5.41, 5.74) is 1.27. The molecule has 21 heavy (non-hydrogen) atoms. The molecule has 2 fully saturated rings. The van der Waals surface area contributed by atoms with Crippen molar-refractivity contribution in [3.8, 4) is 0 Å². The smallest absolute Gasteiger partial charge is 0.246 e. The van der Waals surface area contributed by atoms with Gasteiger partial charge in [0.1, 0.15) is 4.90 Å². The third kappa shape index (κ3) is 2.32. The Balaban J connectivity index is 1.80. The second-order valence-electron chi connectivity index (χ2n) is 5.95. The highest BCUT2D eigenvalue weighted by Crippen LogP contribution is 2.47. The van der Waals surface area contributed by atoms with Crippen molar-refractivity contribution in [3.05, 3.63) is 11.4 Å². The highest BCUT2D eigenvalue weighted by atomic mass is 32.2. The molecule has 2 aliphatic heterocycles. The molecule has 1 aromatic rings. The molecule has 2 aliphatic rings. The van der Waals surface area contributed by atoms with Crippen molar-refractivity contribution in [2.24, 2.45) is 7.05 Å². The van der Waals surface area contributed by atoms with Crippen LogP contribution in [0.3, 0.4) is 0 Å². The van der Waals surface area contributed by atoms with Crippen LogP contribution in [0.5, 0.6) is 0 Å². The van der Waals surface area contributed by atoms with Gasteiger partial charge in [0, 0.05) is 37.7 Å². The summed E-state index contributed by atoms with van der Waals surface area (Å²) in [6.45, 7) is 4.70. The summed E-state index contributed by atoms with van der Waals surface area (Å²) in [5, 5.41) is 4.22. The van der Waals surface area contributed by atoms with Gasteiger partial charge in [0.05, 0.1) is 17.5 Å². The predicted octanol–water partition coefficient (Wildman–Crippen LogP) is 0.932. The summed E-state index contributed by atoms with van der Waals surface area (Å²) in [4.78, 5) is 0.367. The third-order valence-corrected chi connectivity index (χ3v) is 8.10. The Labute approximate surface area is 129 Å². The molecule has 0 bridgehead atoms. The Hall–Kier alpha value is -0.570. The van der Waals surface area contributed by atoms with Gasteiger partial charge in [0.15, 0.2) is 0 Å². The first-order valence-corrected chi connectivity index (χ1v) is 9.39. The largest absolute Gasteiger partial charge is 0.381 e. The second-order valence-corrected chi connectivity index (χ2v) is 9.32. The normalized spacial score (nSPS) is 25.4. The van der Waals surface area contributed by atoms with Gasteiger partial charge in [-0.25, -0.2) is 8.42 Å². The molecule has 3 rings (SSSR count). The summed E-state index contributed by atoms with van der Waals surface area (Å²) in [5.74, 6) is 0.954. The summed E-state index contributed by atoms with van der Waals surface area (Å²) < 4.78 is 34.2. The highest BCUT2D eigenvalue weighted by Gasteiger charge is 2.53. The van der Waals surface area contributed by atoms with Gasteiger partial charge in [-0.15, -0.1) is 11.8 Å². The van der Waals surface area contributed by atoms with Gasteiger partial charge >= 0.3 is 0 Å². The molecule has 2 saturated heterocycles. The number of rotatable bonds is 3. The molecule has 6 nitrogen and oxygen atoms in total. The maximum Gasteiger partial charge on any atom is 0.246 e. The Morgan fingerprint density at radius 1 is 1.38 bits per heavy atom. The fourth-order valence-electron chi connectivity index (χ4n) is 3.20. The number of thioether (sulfide) groups is 1. The number of aryl methyl sites for hydroxylation is 2. The lowest BCUT2D eigenvalue weighted by Gasteiger charge is -2.46. The Kier molecular flexibility index (Phi) is 3.63. The van der Waals surface area contributed by atoms with Gasteiger partial charge < -0.3 is 4.74 Å². The van der Waals surface area contributed by atoms with Crippen LogP contribution in [0.1, 0.15) is 17.8 Å². The number of ether oxygens (including phenoxy) is 1. The van der Waals surface area contributed by atoms with Crippen molar-refractivity contribution < 1.29 is 13.2 Å². The molecule has 0 amide bonds. The van der Waals surface area contributed by atoms with Crippen LogP contribution >= 0.6 is 11.8 Å². The van der Waals surface area contributed by atoms with Gasteiger partial charge in [-0.05, 0) is 20.3 Å². The highest BCUT2D eigenvalue weighted by molar-refractivity contribution is 8.01. The predicted molar refractivity (Wildman–Crippen MR) is 82.0 cm³/mol. The molecule has 1 spiro atoms. The van der Waals surface area contributed by atoms with Crippen molar-refractivity contribution in [1.82, 2.24) is 14.1 Å². The van der Waals surface area contributed by atoms with Gasteiger partial charge in [0.25, 0.3) is 0 Å².